The summed E-state index contributed by atoms with van der Waals surface area (Å²) < 4.78 is 6.64. The Labute approximate surface area is 124 Å². The molecule has 0 aliphatic rings. The molecule has 0 amide bonds. The second-order valence-electron chi connectivity index (χ2n) is 3.98. The molecule has 2 aromatic carbocycles. The van der Waals surface area contributed by atoms with Crippen LogP contribution < -0.4 is 4.74 Å². The van der Waals surface area contributed by atoms with Gasteiger partial charge in [0.05, 0.1) is 6.61 Å². The van der Waals surface area contributed by atoms with Gasteiger partial charge in [0, 0.05) is 9.80 Å². The molecule has 0 saturated carbocycles. The summed E-state index contributed by atoms with van der Waals surface area (Å²) in [5, 5.41) is 0.855. The van der Waals surface area contributed by atoms with Crippen molar-refractivity contribution in [2.45, 2.75) is 6.42 Å². The predicted molar refractivity (Wildman–Crippen MR) is 82.7 cm³/mol. The van der Waals surface area contributed by atoms with Crippen molar-refractivity contribution in [2.24, 2.45) is 0 Å². The average molecular weight is 370 g/mol. The smallest absolute Gasteiger partial charge is 0.119 e. The first kappa shape index (κ1) is 13.6. The molecule has 1 nitrogen and oxygen atoms in total. The number of halogens is 2. The van der Waals surface area contributed by atoms with Gasteiger partial charge >= 0.3 is 0 Å². The zero-order valence-electron chi connectivity index (χ0n) is 9.90. The van der Waals surface area contributed by atoms with Gasteiger partial charge in [-0.2, -0.15) is 0 Å². The molecule has 0 fully saturated rings. The summed E-state index contributed by atoms with van der Waals surface area (Å²) in [6.07, 6.45) is 0.950. The van der Waals surface area contributed by atoms with E-state index in [1.54, 1.807) is 0 Å². The van der Waals surface area contributed by atoms with E-state index in [2.05, 4.69) is 68.3 Å². The summed E-state index contributed by atoms with van der Waals surface area (Å²) in [7, 11) is 0. The maximum absolute atomic E-state index is 5.52. The number of hydrogen-bond donors (Lipinski definition) is 0. The van der Waals surface area contributed by atoms with E-state index < -0.39 is 0 Å². The molecule has 0 N–H and O–H groups in total. The lowest BCUT2D eigenvalue weighted by Crippen LogP contribution is -1.97. The topological polar surface area (TPSA) is 9.23 Å². The number of benzene rings is 2. The molecule has 0 atom stereocenters. The molecule has 0 radical (unpaired) electrons. The molecule has 94 valence electrons. The van der Waals surface area contributed by atoms with Crippen LogP contribution in [-0.4, -0.2) is 11.9 Å². The van der Waals surface area contributed by atoms with Crippen LogP contribution in [0.15, 0.2) is 53.0 Å². The van der Waals surface area contributed by atoms with Crippen LogP contribution in [-0.2, 0) is 6.42 Å². The van der Waals surface area contributed by atoms with Crippen molar-refractivity contribution in [3.8, 4) is 5.75 Å². The summed E-state index contributed by atoms with van der Waals surface area (Å²) in [6, 6.07) is 16.7. The van der Waals surface area contributed by atoms with E-state index in [9.17, 15) is 0 Å². The van der Waals surface area contributed by atoms with Crippen molar-refractivity contribution < 1.29 is 4.74 Å². The summed E-state index contributed by atoms with van der Waals surface area (Å²) >= 11 is 6.79. The lowest BCUT2D eigenvalue weighted by Gasteiger charge is -2.06. The molecule has 3 heteroatoms. The fraction of sp³-hybridized carbons (Fsp3) is 0.200. The number of rotatable bonds is 5. The van der Waals surface area contributed by atoms with Gasteiger partial charge in [0.1, 0.15) is 5.75 Å². The molecule has 0 saturated heterocycles. The number of ether oxygens (including phenoxy) is 1. The van der Waals surface area contributed by atoms with Crippen LogP contribution in [0.2, 0.25) is 0 Å². The lowest BCUT2D eigenvalue weighted by atomic mass is 10.1. The molecule has 0 heterocycles. The molecule has 0 bridgehead atoms. The first-order valence-corrected chi connectivity index (χ1v) is 7.71. The highest BCUT2D eigenvalue weighted by Gasteiger charge is 1.98. The van der Waals surface area contributed by atoms with Crippen LogP contribution in [0.25, 0.3) is 0 Å². The molecule has 18 heavy (non-hydrogen) atoms. The molecule has 0 spiro atoms. The molecule has 0 aliphatic carbocycles. The standard InChI is InChI=1S/C15H14Br2O/c16-9-10-18-15-7-3-13(4-8-15)11-12-1-5-14(17)6-2-12/h1-8H,9-11H2. The third-order valence-electron chi connectivity index (χ3n) is 2.59. The maximum Gasteiger partial charge on any atom is 0.119 e. The summed E-state index contributed by atoms with van der Waals surface area (Å²) in [4.78, 5) is 0. The van der Waals surface area contributed by atoms with Crippen LogP contribution in [0.1, 0.15) is 11.1 Å². The Morgan fingerprint density at radius 2 is 1.39 bits per heavy atom. The minimum absolute atomic E-state index is 0.700. The van der Waals surface area contributed by atoms with Gasteiger partial charge in [-0.15, -0.1) is 0 Å². The van der Waals surface area contributed by atoms with Gasteiger partial charge in [0.2, 0.25) is 0 Å². The molecule has 2 rings (SSSR count). The third-order valence-corrected chi connectivity index (χ3v) is 3.44. The first-order valence-electron chi connectivity index (χ1n) is 5.80. The lowest BCUT2D eigenvalue weighted by molar-refractivity contribution is 0.345. The quantitative estimate of drug-likeness (QED) is 0.687. The van der Waals surface area contributed by atoms with Crippen molar-refractivity contribution in [2.75, 3.05) is 11.9 Å². The predicted octanol–water partition coefficient (Wildman–Crippen LogP) is 4.81. The van der Waals surface area contributed by atoms with E-state index in [1.807, 2.05) is 12.1 Å². The number of alkyl halides is 1. The second kappa shape index (κ2) is 6.95. The van der Waals surface area contributed by atoms with Gasteiger partial charge in [-0.25, -0.2) is 0 Å². The molecular weight excluding hydrogens is 356 g/mol. The van der Waals surface area contributed by atoms with Gasteiger partial charge in [0.25, 0.3) is 0 Å². The highest BCUT2D eigenvalue weighted by Crippen LogP contribution is 2.17. The van der Waals surface area contributed by atoms with Crippen LogP contribution in [0, 0.1) is 0 Å². The summed E-state index contributed by atoms with van der Waals surface area (Å²) in [6.45, 7) is 0.700. The molecule has 0 aromatic heterocycles. The Morgan fingerprint density at radius 3 is 1.94 bits per heavy atom. The highest BCUT2D eigenvalue weighted by atomic mass is 79.9. The van der Waals surface area contributed by atoms with Crippen LogP contribution in [0.5, 0.6) is 5.75 Å². The summed E-state index contributed by atoms with van der Waals surface area (Å²) in [5.41, 5.74) is 2.61. The molecule has 0 aliphatic heterocycles. The van der Waals surface area contributed by atoms with E-state index in [4.69, 9.17) is 4.74 Å². The van der Waals surface area contributed by atoms with Crippen molar-refractivity contribution in [3.05, 3.63) is 64.1 Å². The van der Waals surface area contributed by atoms with Crippen molar-refractivity contribution in [3.63, 3.8) is 0 Å². The van der Waals surface area contributed by atoms with E-state index in [0.717, 1.165) is 22.0 Å². The van der Waals surface area contributed by atoms with Gasteiger partial charge < -0.3 is 4.74 Å². The highest BCUT2D eigenvalue weighted by molar-refractivity contribution is 9.10. The molecular formula is C15H14Br2O. The van der Waals surface area contributed by atoms with Crippen molar-refractivity contribution in [1.82, 2.24) is 0 Å². The largest absolute Gasteiger partial charge is 0.493 e. The Kier molecular flexibility index (Phi) is 5.26. The normalized spacial score (nSPS) is 10.3. The minimum Gasteiger partial charge on any atom is -0.493 e. The zero-order chi connectivity index (χ0) is 12.8. The number of hydrogen-bond acceptors (Lipinski definition) is 1. The summed E-state index contributed by atoms with van der Waals surface area (Å²) in [5.74, 6) is 0.925. The third kappa shape index (κ3) is 4.14. The van der Waals surface area contributed by atoms with E-state index in [0.29, 0.717) is 6.61 Å². The first-order chi connectivity index (χ1) is 8.78. The fourth-order valence-electron chi connectivity index (χ4n) is 1.70. The van der Waals surface area contributed by atoms with Crippen LogP contribution in [0.4, 0.5) is 0 Å². The Hall–Kier alpha value is -0.800. The van der Waals surface area contributed by atoms with Gasteiger partial charge in [0.15, 0.2) is 0 Å². The van der Waals surface area contributed by atoms with Crippen LogP contribution >= 0.6 is 31.9 Å². The van der Waals surface area contributed by atoms with Crippen LogP contribution in [0.3, 0.4) is 0 Å². The van der Waals surface area contributed by atoms with Gasteiger partial charge in [-0.05, 0) is 41.8 Å². The Bertz CT molecular complexity index is 477. The van der Waals surface area contributed by atoms with E-state index >= 15 is 0 Å². The van der Waals surface area contributed by atoms with E-state index in [1.165, 1.54) is 11.1 Å². The molecule has 0 unspecified atom stereocenters. The Balaban J connectivity index is 1.99. The zero-order valence-corrected chi connectivity index (χ0v) is 13.1. The SMILES string of the molecule is BrCCOc1ccc(Cc2ccc(Br)cc2)cc1. The van der Waals surface area contributed by atoms with Crippen molar-refractivity contribution in [1.29, 1.82) is 0 Å². The monoisotopic (exact) mass is 368 g/mol. The van der Waals surface area contributed by atoms with Crippen molar-refractivity contribution >= 4 is 31.9 Å². The van der Waals surface area contributed by atoms with E-state index in [-0.39, 0.29) is 0 Å². The van der Waals surface area contributed by atoms with Gasteiger partial charge in [-0.3, -0.25) is 0 Å². The second-order valence-corrected chi connectivity index (χ2v) is 5.69. The Morgan fingerprint density at radius 1 is 0.833 bits per heavy atom. The minimum atomic E-state index is 0.700. The average Bonchev–Trinajstić information content (AvgIpc) is 2.41. The molecule has 2 aromatic rings. The maximum atomic E-state index is 5.52. The fourth-order valence-corrected chi connectivity index (χ4v) is 2.12. The van der Waals surface area contributed by atoms with Gasteiger partial charge in [-0.1, -0.05) is 56.1 Å².